The lowest BCUT2D eigenvalue weighted by atomic mass is 10.0. The van der Waals surface area contributed by atoms with Crippen LogP contribution in [0, 0.1) is 11.3 Å². The van der Waals surface area contributed by atoms with Gasteiger partial charge in [-0.05, 0) is 57.4 Å². The molecule has 0 aliphatic carbocycles. The second-order valence-corrected chi connectivity index (χ2v) is 16.6. The Kier molecular flexibility index (Phi) is 20.5. The van der Waals surface area contributed by atoms with E-state index in [1.54, 1.807) is 22.7 Å². The summed E-state index contributed by atoms with van der Waals surface area (Å²) in [6, 6.07) is 10.8. The van der Waals surface area contributed by atoms with Gasteiger partial charge in [0.15, 0.2) is 5.82 Å². The van der Waals surface area contributed by atoms with Gasteiger partial charge in [-0.2, -0.15) is 10.4 Å². The molecule has 1 aliphatic rings. The van der Waals surface area contributed by atoms with E-state index in [0.717, 1.165) is 18.5 Å². The van der Waals surface area contributed by atoms with Gasteiger partial charge in [0.2, 0.25) is 0 Å². The topological polar surface area (TPSA) is 173 Å². The molecule has 1 fully saturated rings. The Bertz CT molecular complexity index is 1650. The fourth-order valence-electron chi connectivity index (χ4n) is 6.95. The summed E-state index contributed by atoms with van der Waals surface area (Å²) in [5.74, 6) is 1.19. The highest BCUT2D eigenvalue weighted by Crippen LogP contribution is 2.45. The summed E-state index contributed by atoms with van der Waals surface area (Å²) in [5.41, 5.74) is 7.86. The van der Waals surface area contributed by atoms with Crippen molar-refractivity contribution in [1.82, 2.24) is 14.6 Å². The van der Waals surface area contributed by atoms with Crippen LogP contribution < -0.4 is 15.2 Å². The fourth-order valence-corrected chi connectivity index (χ4v) is 7.73. The number of nitriles is 1. The number of ether oxygens (including phenoxy) is 4. The number of hydrogen-bond acceptors (Lipinski definition) is 11. The van der Waals surface area contributed by atoms with Gasteiger partial charge in [-0.3, -0.25) is 9.05 Å². The summed E-state index contributed by atoms with van der Waals surface area (Å²) in [6.45, 7) is 6.30. The SMILES string of the molecule is CCCCCCCCCCCCCCCCCCOCC(COP(=O)(O)OCC1CCC(c2ccc3c(N)ncnn23)O1)Oc1ccc(C#N)c(OC(C)C)c1. The van der Waals surface area contributed by atoms with Crippen LogP contribution in [0.15, 0.2) is 36.7 Å². The summed E-state index contributed by atoms with van der Waals surface area (Å²) >= 11 is 0. The first kappa shape index (κ1) is 45.5. The summed E-state index contributed by atoms with van der Waals surface area (Å²) in [7, 11) is -4.47. The minimum Gasteiger partial charge on any atom is -0.489 e. The normalized spacial score (nSPS) is 17.3. The van der Waals surface area contributed by atoms with Crippen LogP contribution in [0.2, 0.25) is 0 Å². The zero-order chi connectivity index (χ0) is 40.0. The van der Waals surface area contributed by atoms with Crippen molar-refractivity contribution in [2.24, 2.45) is 0 Å². The summed E-state index contributed by atoms with van der Waals surface area (Å²) in [6.07, 6.45) is 21.9. The second kappa shape index (κ2) is 25.2. The molecule has 4 unspecified atom stereocenters. The number of benzene rings is 1. The van der Waals surface area contributed by atoms with E-state index in [1.807, 2.05) is 26.0 Å². The third-order valence-corrected chi connectivity index (χ3v) is 10.9. The molecule has 1 aromatic carbocycles. The number of nitrogens with two attached hydrogens (primary N) is 1. The highest BCUT2D eigenvalue weighted by molar-refractivity contribution is 7.47. The van der Waals surface area contributed by atoms with Crippen LogP contribution in [-0.4, -0.2) is 64.2 Å². The fraction of sp³-hybridized carbons (Fsp3) is 0.690. The van der Waals surface area contributed by atoms with Crippen molar-refractivity contribution >= 4 is 19.2 Å². The van der Waals surface area contributed by atoms with E-state index < -0.39 is 20.0 Å². The molecular weight excluding hydrogens is 733 g/mol. The van der Waals surface area contributed by atoms with E-state index in [1.165, 1.54) is 96.2 Å². The summed E-state index contributed by atoms with van der Waals surface area (Å²) < 4.78 is 49.6. The number of nitrogen functional groups attached to an aromatic ring is 1. The molecule has 0 spiro atoms. The third kappa shape index (κ3) is 16.3. The van der Waals surface area contributed by atoms with Gasteiger partial charge in [-0.1, -0.05) is 103 Å². The molecule has 3 N–H and O–H groups in total. The number of rotatable bonds is 30. The molecule has 312 valence electrons. The van der Waals surface area contributed by atoms with Crippen LogP contribution in [0.1, 0.15) is 154 Å². The van der Waals surface area contributed by atoms with Crippen LogP contribution >= 0.6 is 7.82 Å². The van der Waals surface area contributed by atoms with Crippen LogP contribution in [0.4, 0.5) is 5.82 Å². The van der Waals surface area contributed by atoms with Crippen LogP contribution in [0.5, 0.6) is 11.5 Å². The molecule has 0 amide bonds. The van der Waals surface area contributed by atoms with Gasteiger partial charge >= 0.3 is 7.82 Å². The Morgan fingerprint density at radius 1 is 0.911 bits per heavy atom. The lowest BCUT2D eigenvalue weighted by Gasteiger charge is -2.22. The van der Waals surface area contributed by atoms with Crippen LogP contribution in [0.3, 0.4) is 0 Å². The highest BCUT2D eigenvalue weighted by Gasteiger charge is 2.32. The Morgan fingerprint density at radius 3 is 2.21 bits per heavy atom. The Hall–Kier alpha value is -3.24. The molecule has 0 bridgehead atoms. The first-order valence-corrected chi connectivity index (χ1v) is 22.5. The zero-order valence-electron chi connectivity index (χ0n) is 33.9. The molecule has 0 radical (unpaired) electrons. The molecule has 3 aromatic rings. The predicted molar refractivity (Wildman–Crippen MR) is 218 cm³/mol. The number of phosphoric ester groups is 1. The molecule has 3 heterocycles. The first-order valence-electron chi connectivity index (χ1n) is 21.0. The Balaban J connectivity index is 1.17. The molecule has 56 heavy (non-hydrogen) atoms. The van der Waals surface area contributed by atoms with Crippen molar-refractivity contribution in [2.75, 3.05) is 32.2 Å². The third-order valence-electron chi connectivity index (χ3n) is 9.98. The zero-order valence-corrected chi connectivity index (χ0v) is 34.8. The number of nitrogens with zero attached hydrogens (tertiary/aromatic N) is 4. The van der Waals surface area contributed by atoms with Gasteiger partial charge in [0.1, 0.15) is 41.6 Å². The monoisotopic (exact) mass is 799 g/mol. The van der Waals surface area contributed by atoms with Crippen molar-refractivity contribution < 1.29 is 37.5 Å². The van der Waals surface area contributed by atoms with E-state index in [-0.39, 0.29) is 32.0 Å². The number of anilines is 1. The number of phosphoric acid groups is 1. The van der Waals surface area contributed by atoms with Gasteiger partial charge < -0.3 is 29.6 Å². The smallest absolute Gasteiger partial charge is 0.472 e. The molecule has 0 saturated carbocycles. The number of aromatic nitrogens is 3. The Labute approximate surface area is 334 Å². The van der Waals surface area contributed by atoms with E-state index in [4.69, 9.17) is 33.7 Å². The molecular formula is C42H66N5O8P. The first-order chi connectivity index (χ1) is 27.2. The lowest BCUT2D eigenvalue weighted by molar-refractivity contribution is -0.00583. The standard InChI is InChI=1S/C42H66N5O8P/c1-4-5-6-7-8-9-10-11-12-13-14-15-16-17-18-19-26-50-29-37(54-35-21-20-34(28-43)41(27-35)53-33(2)3)31-52-56(48,49)51-30-36-22-25-40(55-36)38-23-24-39-42(44)45-32-46-47(38)39/h20-21,23-24,27,32-33,36-37,40H,4-19,22,25-26,29-31H2,1-3H3,(H,48,49)(H2,44,45,46). The minimum absolute atomic E-state index is 0.127. The van der Waals surface area contributed by atoms with Gasteiger partial charge in [0, 0.05) is 12.7 Å². The van der Waals surface area contributed by atoms with Crippen molar-refractivity contribution in [3.63, 3.8) is 0 Å². The molecule has 1 saturated heterocycles. The quantitative estimate of drug-likeness (QED) is 0.0483. The number of hydrogen-bond donors (Lipinski definition) is 2. The van der Waals surface area contributed by atoms with Gasteiger partial charge in [-0.15, -0.1) is 0 Å². The van der Waals surface area contributed by atoms with Crippen molar-refractivity contribution in [1.29, 1.82) is 5.26 Å². The highest BCUT2D eigenvalue weighted by atomic mass is 31.2. The summed E-state index contributed by atoms with van der Waals surface area (Å²) in [5, 5.41) is 13.8. The maximum Gasteiger partial charge on any atom is 0.472 e. The van der Waals surface area contributed by atoms with E-state index in [2.05, 4.69) is 23.1 Å². The summed E-state index contributed by atoms with van der Waals surface area (Å²) in [4.78, 5) is 14.6. The van der Waals surface area contributed by atoms with Crippen LogP contribution in [-0.2, 0) is 23.1 Å². The van der Waals surface area contributed by atoms with Gasteiger partial charge in [0.25, 0.3) is 0 Å². The minimum atomic E-state index is -4.47. The molecule has 4 atom stereocenters. The van der Waals surface area contributed by atoms with Gasteiger partial charge in [-0.25, -0.2) is 14.1 Å². The van der Waals surface area contributed by atoms with Crippen molar-refractivity contribution in [2.45, 2.75) is 161 Å². The van der Waals surface area contributed by atoms with Crippen molar-refractivity contribution in [3.8, 4) is 17.6 Å². The van der Waals surface area contributed by atoms with Gasteiger partial charge in [0.05, 0.1) is 43.3 Å². The average Bonchev–Trinajstić information content (AvgIpc) is 3.84. The van der Waals surface area contributed by atoms with Crippen LogP contribution in [0.25, 0.3) is 5.52 Å². The van der Waals surface area contributed by atoms with E-state index in [9.17, 15) is 14.7 Å². The largest absolute Gasteiger partial charge is 0.489 e. The van der Waals surface area contributed by atoms with E-state index >= 15 is 0 Å². The predicted octanol–water partition coefficient (Wildman–Crippen LogP) is 10.0. The average molecular weight is 800 g/mol. The van der Waals surface area contributed by atoms with E-state index in [0.29, 0.717) is 47.8 Å². The second-order valence-electron chi connectivity index (χ2n) is 15.1. The maximum absolute atomic E-state index is 13.0. The number of unbranched alkanes of at least 4 members (excludes halogenated alkanes) is 15. The molecule has 2 aromatic heterocycles. The molecule has 1 aliphatic heterocycles. The number of fused-ring (bicyclic) bond motifs is 1. The van der Waals surface area contributed by atoms with Crippen molar-refractivity contribution in [3.05, 3.63) is 47.9 Å². The molecule has 14 heteroatoms. The molecule has 4 rings (SSSR count). The maximum atomic E-state index is 13.0. The molecule has 13 nitrogen and oxygen atoms in total. The lowest BCUT2D eigenvalue weighted by Crippen LogP contribution is -2.29. The Morgan fingerprint density at radius 2 is 1.57 bits per heavy atom.